The van der Waals surface area contributed by atoms with Crippen LogP contribution >= 0.6 is 0 Å². The lowest BCUT2D eigenvalue weighted by Crippen LogP contribution is -2.01. The molecule has 0 fully saturated rings. The summed E-state index contributed by atoms with van der Waals surface area (Å²) in [7, 11) is 0. The van der Waals surface area contributed by atoms with Crippen molar-refractivity contribution >= 4 is 65.4 Å². The van der Waals surface area contributed by atoms with Crippen LogP contribution < -0.4 is 0 Å². The number of rotatable bonds is 5. The summed E-state index contributed by atoms with van der Waals surface area (Å²) in [5.74, 6) is 0. The maximum absolute atomic E-state index is 9.99. The molecular weight excluding hydrogens is 691 g/mol. The fraction of sp³-hybridized carbons (Fsp3) is 0. The fourth-order valence-corrected chi connectivity index (χ4v) is 7.90. The minimum atomic E-state index is -0.937. The number of para-hydroxylation sites is 5. The predicted octanol–water partition coefficient (Wildman–Crippen LogP) is 14.3. The summed E-state index contributed by atoms with van der Waals surface area (Å²) in [6.45, 7) is 0. The molecule has 3 aromatic heterocycles. The zero-order valence-corrected chi connectivity index (χ0v) is 29.3. The Bertz CT molecular complexity index is 4660. The third kappa shape index (κ3) is 4.73. The lowest BCUT2D eigenvalue weighted by atomic mass is 9.98. The summed E-state index contributed by atoms with van der Waals surface area (Å²) in [5.41, 5.74) is -1.04. The number of fused-ring (bicyclic) bond motifs is 9. The average molecular weight is 748 g/mol. The van der Waals surface area contributed by atoms with E-state index in [0.717, 1.165) is 9.13 Å². The number of hydrogen-bond acceptors (Lipinski definition) is 0. The molecule has 0 saturated heterocycles. The molecule has 0 amide bonds. The first-order valence-electron chi connectivity index (χ1n) is 28.8. The van der Waals surface area contributed by atoms with Gasteiger partial charge in [0, 0.05) is 38.0 Å². The molecule has 9 aromatic carbocycles. The van der Waals surface area contributed by atoms with Gasteiger partial charge < -0.3 is 13.7 Å². The van der Waals surface area contributed by atoms with E-state index in [9.17, 15) is 16.4 Å². The van der Waals surface area contributed by atoms with Crippen LogP contribution in [0.15, 0.2) is 212 Å². The molecule has 0 spiro atoms. The van der Waals surface area contributed by atoms with E-state index in [1.165, 1.54) is 4.57 Å². The SMILES string of the molecule is [2H]c1c([2H])c([2H])c2c(c1[2H])c1c([2H])c([2H])c([2H])c(-n3c4c([2H])c([2H])c([2H])c([2H])c4c4c(-n5c6c([2H])c([2H])c([2H])c([2H])c6c6c([2H])c([2H])c([2H])c([2H])c65)c([2H])c([2H])c([2H])c43)c1n2-c1cc(-c2ccccc2)cc(-c2ccccc2)c1. The van der Waals surface area contributed by atoms with E-state index < -0.39 is 188 Å². The maximum atomic E-state index is 9.99. The predicted molar refractivity (Wildman–Crippen MR) is 240 cm³/mol. The van der Waals surface area contributed by atoms with Crippen LogP contribution in [0.25, 0.3) is 105 Å². The lowest BCUT2D eigenvalue weighted by Gasteiger charge is -2.17. The highest BCUT2D eigenvalue weighted by molar-refractivity contribution is 6.18. The highest BCUT2D eigenvalue weighted by Gasteiger charge is 2.23. The van der Waals surface area contributed by atoms with Gasteiger partial charge in [0.15, 0.2) is 0 Å². The molecule has 0 radical (unpaired) electrons. The van der Waals surface area contributed by atoms with Crippen molar-refractivity contribution in [1.82, 2.24) is 13.7 Å². The lowest BCUT2D eigenvalue weighted by molar-refractivity contribution is 1.13. The van der Waals surface area contributed by atoms with Crippen molar-refractivity contribution in [2.45, 2.75) is 0 Å². The minimum absolute atomic E-state index is 0.181. The Balaban J connectivity index is 1.40. The van der Waals surface area contributed by atoms with Crippen LogP contribution in [0.1, 0.15) is 30.2 Å². The van der Waals surface area contributed by atoms with Gasteiger partial charge in [-0.2, -0.15) is 0 Å². The molecule has 0 N–H and O–H groups in total. The summed E-state index contributed by atoms with van der Waals surface area (Å²) in [6.07, 6.45) is 0. The molecule has 0 atom stereocenters. The topological polar surface area (TPSA) is 14.8 Å². The Labute approximate surface area is 360 Å². The summed E-state index contributed by atoms with van der Waals surface area (Å²) >= 11 is 0. The van der Waals surface area contributed by atoms with Gasteiger partial charge in [0.2, 0.25) is 0 Å². The van der Waals surface area contributed by atoms with Crippen LogP contribution in [0.3, 0.4) is 0 Å². The molecule has 3 heterocycles. The van der Waals surface area contributed by atoms with Gasteiger partial charge in [-0.25, -0.2) is 0 Å². The second-order valence-electron chi connectivity index (χ2n) is 13.3. The number of nitrogens with zero attached hydrogens (tertiary/aromatic N) is 3. The molecule has 12 aromatic rings. The largest absolute Gasteiger partial charge is 0.309 e. The van der Waals surface area contributed by atoms with E-state index >= 15 is 0 Å². The van der Waals surface area contributed by atoms with Crippen LogP contribution in [0.4, 0.5) is 0 Å². The van der Waals surface area contributed by atoms with Crippen LogP contribution in [-0.4, -0.2) is 13.7 Å². The highest BCUT2D eigenvalue weighted by Crippen LogP contribution is 2.43. The van der Waals surface area contributed by atoms with E-state index in [-0.39, 0.29) is 27.5 Å². The molecule has 0 aliphatic heterocycles. The first-order chi connectivity index (χ1) is 37.5. The second kappa shape index (κ2) is 12.5. The molecule has 266 valence electrons. The minimum Gasteiger partial charge on any atom is -0.309 e. The standard InChI is InChI=1S/C54H35N3/c1-3-17-36(18-4-1)38-33-39(37-19-5-2-6-20-37)35-40(34-38)55-46-26-11-9-23-43(46)44-25-15-32-52(54(44)55)57-49-29-14-10-24-45(49)53-50(30-16-31-51(53)57)56-47-27-12-7-21-41(47)42-22-8-13-28-48(42)56/h1-35H/i7D,8D,9D,10D,11D,12D,13D,14D,15D,16D,21D,22D,23D,24D,25D,26D,27D,28D,29D,30D,31D,32D. The number of aromatic nitrogens is 3. The summed E-state index contributed by atoms with van der Waals surface area (Å²) in [5, 5.41) is -2.44. The van der Waals surface area contributed by atoms with Gasteiger partial charge in [0.1, 0.15) is 0 Å². The van der Waals surface area contributed by atoms with E-state index in [1.54, 1.807) is 12.1 Å². The molecule has 0 aliphatic rings. The monoisotopic (exact) mass is 747 g/mol. The van der Waals surface area contributed by atoms with E-state index in [2.05, 4.69) is 0 Å². The third-order valence-corrected chi connectivity index (χ3v) is 10.3. The van der Waals surface area contributed by atoms with Crippen LogP contribution in [0.5, 0.6) is 0 Å². The summed E-state index contributed by atoms with van der Waals surface area (Å²) < 4.78 is 208. The normalized spacial score (nSPS) is 17.3. The van der Waals surface area contributed by atoms with Crippen molar-refractivity contribution in [1.29, 1.82) is 0 Å². The Hall–Kier alpha value is -7.62. The molecule has 0 saturated carbocycles. The van der Waals surface area contributed by atoms with Gasteiger partial charge in [-0.1, -0.05) is 151 Å². The summed E-state index contributed by atoms with van der Waals surface area (Å²) in [6, 6.07) is 6.21. The van der Waals surface area contributed by atoms with Gasteiger partial charge in [-0.05, 0) is 82.7 Å². The Morgan fingerprint density at radius 1 is 0.316 bits per heavy atom. The van der Waals surface area contributed by atoms with Crippen molar-refractivity contribution in [2.75, 3.05) is 0 Å². The van der Waals surface area contributed by atoms with E-state index in [4.69, 9.17) is 13.7 Å². The van der Waals surface area contributed by atoms with Gasteiger partial charge in [0.25, 0.3) is 0 Å². The van der Waals surface area contributed by atoms with E-state index in [0.29, 0.717) is 22.3 Å². The van der Waals surface area contributed by atoms with Crippen molar-refractivity contribution in [3.63, 3.8) is 0 Å². The van der Waals surface area contributed by atoms with Crippen LogP contribution in [0.2, 0.25) is 0 Å². The molecule has 3 nitrogen and oxygen atoms in total. The quantitative estimate of drug-likeness (QED) is 0.167. The van der Waals surface area contributed by atoms with Crippen molar-refractivity contribution in [3.8, 4) is 39.3 Å². The molecule has 12 rings (SSSR count). The van der Waals surface area contributed by atoms with Gasteiger partial charge in [0.05, 0.1) is 74.6 Å². The van der Waals surface area contributed by atoms with E-state index in [1.807, 2.05) is 66.7 Å². The average Bonchev–Trinajstić information content (AvgIpc) is 2.41. The van der Waals surface area contributed by atoms with Crippen LogP contribution in [0, 0.1) is 0 Å². The van der Waals surface area contributed by atoms with Crippen LogP contribution in [-0.2, 0) is 0 Å². The molecule has 0 aliphatic carbocycles. The Morgan fingerprint density at radius 3 is 1.33 bits per heavy atom. The smallest absolute Gasteiger partial charge is 0.0782 e. The molecular formula is C54H35N3. The van der Waals surface area contributed by atoms with Gasteiger partial charge >= 0.3 is 0 Å². The molecule has 57 heavy (non-hydrogen) atoms. The van der Waals surface area contributed by atoms with Gasteiger partial charge in [-0.3, -0.25) is 0 Å². The van der Waals surface area contributed by atoms with Gasteiger partial charge in [-0.15, -0.1) is 0 Å². The molecule has 0 unspecified atom stereocenters. The highest BCUT2D eigenvalue weighted by atomic mass is 15.1. The van der Waals surface area contributed by atoms with Crippen molar-refractivity contribution < 1.29 is 30.2 Å². The summed E-state index contributed by atoms with van der Waals surface area (Å²) in [4.78, 5) is 0. The van der Waals surface area contributed by atoms with Crippen molar-refractivity contribution in [2.24, 2.45) is 0 Å². The zero-order chi connectivity index (χ0) is 56.6. The fourth-order valence-electron chi connectivity index (χ4n) is 7.90. The Kier molecular flexibility index (Phi) is 3.72. The first-order valence-corrected chi connectivity index (χ1v) is 17.8. The van der Waals surface area contributed by atoms with Crippen molar-refractivity contribution in [3.05, 3.63) is 212 Å². The number of hydrogen-bond donors (Lipinski definition) is 0. The first kappa shape index (κ1) is 17.0. The third-order valence-electron chi connectivity index (χ3n) is 10.3. The maximum Gasteiger partial charge on any atom is 0.0782 e. The molecule has 0 bridgehead atoms. The Morgan fingerprint density at radius 2 is 0.737 bits per heavy atom. The zero-order valence-electron chi connectivity index (χ0n) is 51.3. The second-order valence-corrected chi connectivity index (χ2v) is 13.3. The molecule has 3 heteroatoms. The number of benzene rings is 9.